The molecule has 7 unspecified atom stereocenters. The molecule has 41 heavy (non-hydrogen) atoms. The maximum absolute atomic E-state index is 13.9. The quantitative estimate of drug-likeness (QED) is 0.124. The molecule has 0 bridgehead atoms. The van der Waals surface area contributed by atoms with E-state index in [1.165, 1.54) is 19.5 Å². The number of ether oxygens (including phenoxy) is 2. The fourth-order valence-corrected chi connectivity index (χ4v) is 7.50. The van der Waals surface area contributed by atoms with E-state index in [0.29, 0.717) is 5.56 Å². The number of nitrogens with zero attached hydrogens (tertiary/aromatic N) is 2. The second kappa shape index (κ2) is 12.0. The lowest BCUT2D eigenvalue weighted by Crippen LogP contribution is -2.60. The van der Waals surface area contributed by atoms with Crippen molar-refractivity contribution >= 4 is 43.3 Å². The van der Waals surface area contributed by atoms with Crippen molar-refractivity contribution in [3.8, 4) is 0 Å². The third kappa shape index (κ3) is 6.63. The van der Waals surface area contributed by atoms with Crippen molar-refractivity contribution in [2.75, 3.05) is 18.9 Å². The fraction of sp³-hybridized carbons (Fsp3) is 0.684. The van der Waals surface area contributed by atoms with Gasteiger partial charge >= 0.3 is 14.5 Å². The molecule has 18 nitrogen and oxygen atoms in total. The number of phosphoric ester groups is 1. The highest BCUT2D eigenvalue weighted by atomic mass is 32.5. The maximum atomic E-state index is 13.9. The number of hydrogen-bond donors (Lipinski definition) is 9. The first-order valence-electron chi connectivity index (χ1n) is 11.7. The number of nitrogens with two attached hydrogens (primary N) is 2. The predicted molar refractivity (Wildman–Crippen MR) is 136 cm³/mol. The Bertz CT molecular complexity index is 1340. The average Bonchev–Trinajstić information content (AvgIpc) is 3.41. The van der Waals surface area contributed by atoms with E-state index in [9.17, 15) is 39.2 Å². The Morgan fingerprint density at radius 3 is 2.54 bits per heavy atom. The number of anilines is 1. The van der Waals surface area contributed by atoms with Crippen LogP contribution in [0.15, 0.2) is 17.0 Å². The van der Waals surface area contributed by atoms with Gasteiger partial charge in [0.05, 0.1) is 25.0 Å². The summed E-state index contributed by atoms with van der Waals surface area (Å²) in [4.78, 5) is 28.4. The minimum atomic E-state index is -5.48. The van der Waals surface area contributed by atoms with E-state index in [0.717, 1.165) is 0 Å². The van der Waals surface area contributed by atoms with Crippen molar-refractivity contribution in [3.63, 3.8) is 0 Å². The van der Waals surface area contributed by atoms with Crippen LogP contribution in [0.5, 0.6) is 0 Å². The smallest absolute Gasteiger partial charge is 0.458 e. The fourth-order valence-electron chi connectivity index (χ4n) is 4.40. The maximum Gasteiger partial charge on any atom is 0.481 e. The standard InChI is InChI=1S/C19H29FN4O14P2S/c1-19(22)15(29)8(35-16(19)6-3-33-14-9(6)23-5-24-17(14)21)4-34-40(32,41)38-39(30,31)37-18-12(28)10(26)11(27)13(36-18)7(20)2-25/h3,5,7-8,10-13,15-16,18,25-29H,2,4,22H2,1H3,(H,30,31)(H,32,41)(H2,21,23,24)/t7-,8+,10?,11?,12?,13?,15+,16-,18?,19+,40?/m0/s1. The van der Waals surface area contributed by atoms with E-state index >= 15 is 0 Å². The number of fused-ring (bicyclic) bond motifs is 1. The Balaban J connectivity index is 1.41. The van der Waals surface area contributed by atoms with Gasteiger partial charge < -0.3 is 65.2 Å². The van der Waals surface area contributed by atoms with Gasteiger partial charge in [-0.2, -0.15) is 0 Å². The molecule has 0 spiro atoms. The summed E-state index contributed by atoms with van der Waals surface area (Å²) in [6, 6.07) is 0. The van der Waals surface area contributed by atoms with E-state index in [4.69, 9.17) is 46.8 Å². The molecule has 0 aliphatic carbocycles. The van der Waals surface area contributed by atoms with Crippen molar-refractivity contribution in [1.29, 1.82) is 0 Å². The number of aromatic nitrogens is 2. The first kappa shape index (κ1) is 32.6. The largest absolute Gasteiger partial charge is 0.481 e. The average molecular weight is 650 g/mol. The van der Waals surface area contributed by atoms with E-state index in [-0.39, 0.29) is 16.9 Å². The third-order valence-electron chi connectivity index (χ3n) is 6.54. The number of nitrogen functional groups attached to an aromatic ring is 1. The Morgan fingerprint density at radius 2 is 1.88 bits per heavy atom. The van der Waals surface area contributed by atoms with Crippen molar-refractivity contribution in [2.45, 2.75) is 67.7 Å². The molecular weight excluding hydrogens is 621 g/mol. The summed E-state index contributed by atoms with van der Waals surface area (Å²) >= 11 is 4.74. The molecule has 0 amide bonds. The van der Waals surface area contributed by atoms with Gasteiger partial charge in [0.15, 0.2) is 23.9 Å². The number of phosphoric acid groups is 1. The molecule has 12 atom stereocenters. The second-order valence-electron chi connectivity index (χ2n) is 9.55. The number of furan rings is 1. The van der Waals surface area contributed by atoms with E-state index in [2.05, 4.69) is 18.8 Å². The van der Waals surface area contributed by atoms with Gasteiger partial charge in [0.25, 0.3) is 0 Å². The summed E-state index contributed by atoms with van der Waals surface area (Å²) in [6.07, 6.45) is -14.1. The zero-order chi connectivity index (χ0) is 30.5. The Labute approximate surface area is 235 Å². The number of alkyl halides is 1. The first-order valence-corrected chi connectivity index (χ1v) is 15.8. The van der Waals surface area contributed by atoms with Crippen LogP contribution >= 0.6 is 14.5 Å². The minimum Gasteiger partial charge on any atom is -0.458 e. The van der Waals surface area contributed by atoms with Gasteiger partial charge in [-0.25, -0.2) is 23.2 Å². The van der Waals surface area contributed by atoms with Gasteiger partial charge in [-0.15, -0.1) is 0 Å². The topological polar surface area (TPSA) is 296 Å². The SMILES string of the molecule is C[C@@]1(N)[C@H](O)[C@@H](COP(O)(=S)OP(=O)(O)OC2OC([C@@H](F)CO)C(O)C(O)C2O)O[C@H]1c1coc2c(N)ncnc12. The first-order chi connectivity index (χ1) is 19.0. The van der Waals surface area contributed by atoms with E-state index < -0.39 is 88.5 Å². The minimum absolute atomic E-state index is 0.0532. The summed E-state index contributed by atoms with van der Waals surface area (Å²) in [5.41, 5.74) is 11.4. The second-order valence-corrected chi connectivity index (χ2v) is 13.9. The van der Waals surface area contributed by atoms with Crippen molar-refractivity contribution in [3.05, 3.63) is 18.2 Å². The molecule has 2 saturated heterocycles. The van der Waals surface area contributed by atoms with Crippen LogP contribution in [-0.4, -0.2) is 113 Å². The summed E-state index contributed by atoms with van der Waals surface area (Å²) in [7, 11) is -5.48. The number of hydrogen-bond acceptors (Lipinski definition) is 17. The molecule has 2 aliphatic heterocycles. The zero-order valence-corrected chi connectivity index (χ0v) is 23.6. The Kier molecular flexibility index (Phi) is 9.55. The van der Waals surface area contributed by atoms with Crippen LogP contribution in [0.4, 0.5) is 10.2 Å². The highest BCUT2D eigenvalue weighted by Crippen LogP contribution is 2.62. The van der Waals surface area contributed by atoms with Crippen molar-refractivity contribution < 1.29 is 71.5 Å². The van der Waals surface area contributed by atoms with Crippen LogP contribution in [0, 0.1) is 0 Å². The van der Waals surface area contributed by atoms with Crippen LogP contribution in [0.25, 0.3) is 11.1 Å². The van der Waals surface area contributed by atoms with Crippen LogP contribution < -0.4 is 11.5 Å². The number of aliphatic hydroxyl groups excluding tert-OH is 5. The Morgan fingerprint density at radius 1 is 1.20 bits per heavy atom. The van der Waals surface area contributed by atoms with Crippen LogP contribution in [0.3, 0.4) is 0 Å². The van der Waals surface area contributed by atoms with Crippen LogP contribution in [0.2, 0.25) is 0 Å². The molecule has 2 aliphatic rings. The lowest BCUT2D eigenvalue weighted by molar-refractivity contribution is -0.287. The highest BCUT2D eigenvalue weighted by Gasteiger charge is 2.53. The molecule has 2 aromatic rings. The molecule has 4 heterocycles. The monoisotopic (exact) mass is 650 g/mol. The molecule has 2 fully saturated rings. The molecule has 2 aromatic heterocycles. The summed E-state index contributed by atoms with van der Waals surface area (Å²) in [6.45, 7) is -5.08. The van der Waals surface area contributed by atoms with Gasteiger partial charge in [0.2, 0.25) is 0 Å². The lowest BCUT2D eigenvalue weighted by Gasteiger charge is -2.41. The molecule has 0 saturated carbocycles. The number of rotatable bonds is 10. The molecule has 11 N–H and O–H groups in total. The lowest BCUT2D eigenvalue weighted by atomic mass is 9.87. The van der Waals surface area contributed by atoms with Crippen LogP contribution in [0.1, 0.15) is 18.6 Å². The van der Waals surface area contributed by atoms with E-state index in [1.807, 2.05) is 0 Å². The molecule has 0 aromatic carbocycles. The van der Waals surface area contributed by atoms with Crippen molar-refractivity contribution in [1.82, 2.24) is 9.97 Å². The normalized spacial score (nSPS) is 38.0. The molecule has 22 heteroatoms. The highest BCUT2D eigenvalue weighted by molar-refractivity contribution is 8.08. The van der Waals surface area contributed by atoms with Gasteiger partial charge in [0, 0.05) is 5.56 Å². The summed E-state index contributed by atoms with van der Waals surface area (Å²) in [5, 5.41) is 49.6. The number of halogens is 1. The predicted octanol–water partition coefficient (Wildman–Crippen LogP) is -2.17. The molecule has 4 rings (SSSR count). The summed E-state index contributed by atoms with van der Waals surface area (Å²) < 4.78 is 56.7. The van der Waals surface area contributed by atoms with Gasteiger partial charge in [0.1, 0.15) is 54.6 Å². The molecule has 232 valence electrons. The van der Waals surface area contributed by atoms with Crippen LogP contribution in [-0.2, 0) is 39.2 Å². The van der Waals surface area contributed by atoms with E-state index in [1.54, 1.807) is 0 Å². The van der Waals surface area contributed by atoms with Crippen molar-refractivity contribution in [2.24, 2.45) is 5.73 Å². The summed E-state index contributed by atoms with van der Waals surface area (Å²) in [5.74, 6) is 0.0532. The molecular formula is C19H29FN4O14P2S. The van der Waals surface area contributed by atoms with Gasteiger partial charge in [-0.3, -0.25) is 4.52 Å². The molecule has 0 radical (unpaired) electrons. The zero-order valence-electron chi connectivity index (χ0n) is 21.0. The van der Waals surface area contributed by atoms with Gasteiger partial charge in [-0.1, -0.05) is 0 Å². The van der Waals surface area contributed by atoms with Gasteiger partial charge in [-0.05, 0) is 18.7 Å². The number of aliphatic hydroxyl groups is 5. The Hall–Kier alpha value is -1.29. The third-order valence-corrected chi connectivity index (χ3v) is 10.1.